The zero-order valence-corrected chi connectivity index (χ0v) is 47.7. The first-order chi connectivity index (χ1) is 38.3. The van der Waals surface area contributed by atoms with Crippen molar-refractivity contribution in [1.82, 2.24) is 20.3 Å². The van der Waals surface area contributed by atoms with Gasteiger partial charge in [-0.25, -0.2) is 28.3 Å². The van der Waals surface area contributed by atoms with E-state index in [1.807, 2.05) is 0 Å². The Morgan fingerprint density at radius 2 is 1.01 bits per heavy atom. The molecule has 0 spiro atoms. The predicted octanol–water partition coefficient (Wildman–Crippen LogP) is 13.5. The molecule has 0 radical (unpaired) electrons. The third kappa shape index (κ3) is 12.8. The Morgan fingerprint density at radius 3 is 1.38 bits per heavy atom. The van der Waals surface area contributed by atoms with E-state index in [1.165, 1.54) is 49.7 Å². The van der Waals surface area contributed by atoms with E-state index in [0.717, 1.165) is 54.5 Å². The van der Waals surface area contributed by atoms with E-state index in [9.17, 15) is 9.59 Å². The summed E-state index contributed by atoms with van der Waals surface area (Å²) in [6.07, 6.45) is 6.51. The normalized spacial score (nSPS) is 12.6. The molecular weight excluding hydrogens is 1140 g/mol. The van der Waals surface area contributed by atoms with Crippen molar-refractivity contribution in [3.05, 3.63) is 199 Å². The van der Waals surface area contributed by atoms with Crippen molar-refractivity contribution < 1.29 is 91.2 Å². The second-order valence-electron chi connectivity index (χ2n) is 18.4. The Balaban J connectivity index is 0.000000191. The Morgan fingerprint density at radius 1 is 0.593 bits per heavy atom. The van der Waals surface area contributed by atoms with Gasteiger partial charge in [0.1, 0.15) is 47.6 Å². The maximum atomic E-state index is 15.3. The van der Waals surface area contributed by atoms with Gasteiger partial charge in [-0.3, -0.25) is 0 Å². The van der Waals surface area contributed by atoms with Crippen LogP contribution in [0.15, 0.2) is 143 Å². The third-order valence-corrected chi connectivity index (χ3v) is 14.3. The molecule has 2 saturated carbocycles. The van der Waals surface area contributed by atoms with Crippen LogP contribution in [0.4, 0.5) is 8.78 Å². The molecule has 0 unspecified atom stereocenters. The van der Waals surface area contributed by atoms with E-state index in [1.54, 1.807) is 84.9 Å². The summed E-state index contributed by atoms with van der Waals surface area (Å²) in [4.78, 5) is 30.6. The second-order valence-corrected chi connectivity index (χ2v) is 20.0. The van der Waals surface area contributed by atoms with Gasteiger partial charge in [0.15, 0.2) is 23.1 Å². The third-order valence-electron chi connectivity index (χ3n) is 13.0. The van der Waals surface area contributed by atoms with E-state index in [4.69, 9.17) is 79.5 Å². The number of pyridine rings is 2. The van der Waals surface area contributed by atoms with Crippen molar-refractivity contribution in [3.63, 3.8) is 0 Å². The fourth-order valence-electron chi connectivity index (χ4n) is 8.72. The monoisotopic (exact) mass is 1180 g/mol. The number of hydrogen-bond donors (Lipinski definition) is 1. The van der Waals surface area contributed by atoms with Crippen LogP contribution in [-0.4, -0.2) is 49.9 Å². The molecule has 0 aliphatic heterocycles. The molecule has 0 atom stereocenters. The SMILES string of the molecule is COC(=O)c1ccc(Oc2ccc3cc(OCc4c(-c5c(Cl)cccc5Cl)noc4C4CC4)ccc3c2F)nc1.O=C(O)c1ccc(Oc2ccc3cc(OCc4c(-c5c(Cl)cccc5Cl)noc4C4CC4)ccc3c2F)nc1.[Na+].[OH-]. The van der Waals surface area contributed by atoms with Crippen LogP contribution < -0.4 is 48.5 Å². The minimum atomic E-state index is -1.11. The first-order valence-corrected chi connectivity index (χ1v) is 26.0. The van der Waals surface area contributed by atoms with Crippen molar-refractivity contribution in [2.24, 2.45) is 0 Å². The Bertz CT molecular complexity index is 3930. The summed E-state index contributed by atoms with van der Waals surface area (Å²) in [6.45, 7) is 0.341. The largest absolute Gasteiger partial charge is 1.00 e. The molecule has 2 fully saturated rings. The number of rotatable bonds is 16. The van der Waals surface area contributed by atoms with Gasteiger partial charge in [-0.2, -0.15) is 0 Å². The van der Waals surface area contributed by atoms with Crippen LogP contribution >= 0.6 is 46.4 Å². The van der Waals surface area contributed by atoms with Gasteiger partial charge in [0.05, 0.1) is 49.5 Å². The Hall–Kier alpha value is -7.32. The van der Waals surface area contributed by atoms with Crippen LogP contribution in [0.1, 0.15) is 80.9 Å². The second kappa shape index (κ2) is 25.2. The number of halogens is 6. The quantitative estimate of drug-likeness (QED) is 0.0705. The predicted molar refractivity (Wildman–Crippen MR) is 293 cm³/mol. The van der Waals surface area contributed by atoms with E-state index < -0.39 is 23.6 Å². The molecule has 406 valence electrons. The summed E-state index contributed by atoms with van der Waals surface area (Å²) in [5.74, 6) is 0.599. The number of methoxy groups -OCH3 is 1. The number of carboxylic acids is 1. The number of benzene rings is 6. The fourth-order valence-corrected chi connectivity index (χ4v) is 9.87. The topological polar surface area (TPSA) is 208 Å². The molecule has 2 aliphatic carbocycles. The van der Waals surface area contributed by atoms with Gasteiger partial charge in [-0.05, 0) is 121 Å². The number of carbonyl (C=O) groups excluding carboxylic acids is 1. The zero-order chi connectivity index (χ0) is 54.9. The molecule has 10 aromatic rings. The Kier molecular flexibility index (Phi) is 18.2. The maximum absolute atomic E-state index is 15.3. The first kappa shape index (κ1) is 58.3. The molecule has 0 bridgehead atoms. The van der Waals surface area contributed by atoms with Crippen LogP contribution in [0.25, 0.3) is 44.1 Å². The Labute approximate surface area is 502 Å². The van der Waals surface area contributed by atoms with Crippen LogP contribution in [-0.2, 0) is 18.0 Å². The molecule has 0 amide bonds. The number of nitrogens with zero attached hydrogens (tertiary/aromatic N) is 4. The minimum absolute atomic E-state index is 0. The van der Waals surface area contributed by atoms with Gasteiger partial charge in [0, 0.05) is 58.3 Å². The van der Waals surface area contributed by atoms with Gasteiger partial charge >= 0.3 is 41.5 Å². The van der Waals surface area contributed by atoms with Crippen molar-refractivity contribution in [2.45, 2.75) is 50.7 Å². The molecule has 0 saturated heterocycles. The maximum Gasteiger partial charge on any atom is 1.00 e. The van der Waals surface area contributed by atoms with Crippen molar-refractivity contribution in [3.8, 4) is 57.3 Å². The van der Waals surface area contributed by atoms with Gasteiger partial charge in [0.2, 0.25) is 11.8 Å². The molecule has 12 rings (SSSR count). The number of aromatic carboxylic acids is 1. The molecule has 4 heterocycles. The van der Waals surface area contributed by atoms with Gasteiger partial charge in [-0.15, -0.1) is 0 Å². The summed E-state index contributed by atoms with van der Waals surface area (Å²) < 4.78 is 70.0. The van der Waals surface area contributed by atoms with Crippen molar-refractivity contribution in [1.29, 1.82) is 0 Å². The van der Waals surface area contributed by atoms with E-state index in [-0.39, 0.29) is 94.5 Å². The molecule has 15 nitrogen and oxygen atoms in total. The van der Waals surface area contributed by atoms with Crippen molar-refractivity contribution in [2.75, 3.05) is 7.11 Å². The smallest absolute Gasteiger partial charge is 0.870 e. The van der Waals surface area contributed by atoms with E-state index in [2.05, 4.69) is 25.0 Å². The van der Waals surface area contributed by atoms with Crippen LogP contribution in [0.3, 0.4) is 0 Å². The fraction of sp³-hybridized carbons (Fsp3) is 0.153. The van der Waals surface area contributed by atoms with Crippen LogP contribution in [0.2, 0.25) is 20.1 Å². The summed E-state index contributed by atoms with van der Waals surface area (Å²) in [5.41, 5.74) is 4.14. The molecule has 2 aliphatic rings. The van der Waals surface area contributed by atoms with E-state index >= 15 is 8.78 Å². The van der Waals surface area contributed by atoms with Gasteiger partial charge < -0.3 is 43.3 Å². The van der Waals surface area contributed by atoms with E-state index in [0.29, 0.717) is 75.6 Å². The number of ether oxygens (including phenoxy) is 5. The first-order valence-electron chi connectivity index (χ1n) is 24.5. The number of carboxylic acid groups (broad SMARTS) is 1. The van der Waals surface area contributed by atoms with Gasteiger partial charge in [0.25, 0.3) is 0 Å². The molecular formula is C59H41Cl4F2N4NaO11. The molecule has 4 aromatic heterocycles. The number of esters is 1. The molecule has 22 heteroatoms. The zero-order valence-electron chi connectivity index (χ0n) is 42.7. The summed E-state index contributed by atoms with van der Waals surface area (Å²) in [5, 5.41) is 21.3. The molecule has 6 aromatic carbocycles. The van der Waals surface area contributed by atoms with Gasteiger partial charge in [-0.1, -0.05) is 81.0 Å². The molecule has 2 N–H and O–H groups in total. The number of fused-ring (bicyclic) bond motifs is 2. The summed E-state index contributed by atoms with van der Waals surface area (Å²) in [7, 11) is 1.28. The standard InChI is InChI=1S/C30H21Cl2FN2O5.C29H19Cl2FN2O5.Na.H2O/c1-37-30(36)18-8-12-25(34-14-18)39-24-11-7-17-13-19(9-10-20(17)27(24)33)38-15-21-28(35-40-29(21)16-5-6-16)26-22(31)3-2-4-23(26)32;30-21-2-1-3-22(31)25(21)27-20(28(39-34-27)15-4-5-15)14-37-18-8-9-19-16(12-18)6-10-23(26(19)32)38-24-11-7-17(13-33-24)29(35)36;;/h2-4,7-14,16H,5-6,15H2,1H3;1-3,6-13,15H,4-5,14H2,(H,35,36);;1H2/q;;+1;/p-1. The number of carbonyl (C=O) groups is 2. The summed E-state index contributed by atoms with van der Waals surface area (Å²) in [6, 6.07) is 32.7. The van der Waals surface area contributed by atoms with Crippen LogP contribution in [0, 0.1) is 11.6 Å². The average molecular weight is 1180 g/mol. The van der Waals surface area contributed by atoms with Crippen molar-refractivity contribution >= 4 is 79.9 Å². The minimum Gasteiger partial charge on any atom is -0.870 e. The van der Waals surface area contributed by atoms with Crippen LogP contribution in [0.5, 0.6) is 34.8 Å². The average Bonchev–Trinajstić information content (AvgIpc) is 4.52. The summed E-state index contributed by atoms with van der Waals surface area (Å²) >= 11 is 25.8. The molecule has 81 heavy (non-hydrogen) atoms. The number of aromatic nitrogens is 4. The number of hydrogen-bond acceptors (Lipinski definition) is 14.